The van der Waals surface area contributed by atoms with E-state index in [1.54, 1.807) is 18.4 Å². The molecular formula is C15H17N3O2S. The number of hydrogen-bond donors (Lipinski definition) is 1. The molecule has 0 saturated heterocycles. The Morgan fingerprint density at radius 1 is 1.33 bits per heavy atom. The quantitative estimate of drug-likeness (QED) is 0.760. The van der Waals surface area contributed by atoms with Crippen LogP contribution < -0.4 is 14.8 Å². The van der Waals surface area contributed by atoms with E-state index in [0.29, 0.717) is 6.61 Å². The van der Waals surface area contributed by atoms with Crippen LogP contribution in [-0.4, -0.2) is 23.5 Å². The van der Waals surface area contributed by atoms with Gasteiger partial charge >= 0.3 is 0 Å². The molecule has 2 heterocycles. The lowest BCUT2D eigenvalue weighted by molar-refractivity contribution is 0.281. The summed E-state index contributed by atoms with van der Waals surface area (Å²) in [6.07, 6.45) is 3.97. The van der Waals surface area contributed by atoms with Gasteiger partial charge in [-0.25, -0.2) is 4.98 Å². The summed E-state index contributed by atoms with van der Waals surface area (Å²) in [6, 6.07) is 5.95. The minimum absolute atomic E-state index is 0.427. The number of aromatic nitrogens is 2. The van der Waals surface area contributed by atoms with Gasteiger partial charge in [-0.05, 0) is 24.7 Å². The summed E-state index contributed by atoms with van der Waals surface area (Å²) in [4.78, 5) is 5.47. The zero-order chi connectivity index (χ0) is 14.7. The van der Waals surface area contributed by atoms with Crippen molar-refractivity contribution in [2.45, 2.75) is 13.2 Å². The summed E-state index contributed by atoms with van der Waals surface area (Å²) >= 11 is 1.61. The molecule has 0 aliphatic heterocycles. The van der Waals surface area contributed by atoms with Crippen molar-refractivity contribution >= 4 is 16.3 Å². The second-order valence-electron chi connectivity index (χ2n) is 4.63. The van der Waals surface area contributed by atoms with Crippen LogP contribution in [0.5, 0.6) is 11.5 Å². The highest BCUT2D eigenvalue weighted by Gasteiger charge is 2.08. The van der Waals surface area contributed by atoms with Crippen LogP contribution >= 0.6 is 11.3 Å². The molecule has 1 aromatic carbocycles. The topological polar surface area (TPSA) is 47.8 Å². The van der Waals surface area contributed by atoms with E-state index in [1.165, 1.54) is 0 Å². The molecule has 0 bridgehead atoms. The van der Waals surface area contributed by atoms with Gasteiger partial charge in [-0.2, -0.15) is 0 Å². The van der Waals surface area contributed by atoms with Crippen molar-refractivity contribution in [2.24, 2.45) is 0 Å². The van der Waals surface area contributed by atoms with E-state index >= 15 is 0 Å². The summed E-state index contributed by atoms with van der Waals surface area (Å²) in [5.41, 5.74) is 2.06. The fraction of sp³-hybridized carbons (Fsp3) is 0.267. The van der Waals surface area contributed by atoms with Gasteiger partial charge in [0.05, 0.1) is 12.8 Å². The maximum absolute atomic E-state index is 5.83. The highest BCUT2D eigenvalue weighted by molar-refractivity contribution is 7.15. The SMILES string of the molecule is CNCc1ccc(OCc2cn3ccsc3n2)c(OC)c1. The van der Waals surface area contributed by atoms with E-state index in [1.807, 2.05) is 47.4 Å². The molecule has 21 heavy (non-hydrogen) atoms. The zero-order valence-corrected chi connectivity index (χ0v) is 12.8. The molecular weight excluding hydrogens is 286 g/mol. The molecule has 0 spiro atoms. The number of ether oxygens (including phenoxy) is 2. The van der Waals surface area contributed by atoms with Gasteiger partial charge in [0.25, 0.3) is 0 Å². The third-order valence-corrected chi connectivity index (χ3v) is 3.90. The fourth-order valence-corrected chi connectivity index (χ4v) is 2.86. The lowest BCUT2D eigenvalue weighted by atomic mass is 10.2. The highest BCUT2D eigenvalue weighted by Crippen LogP contribution is 2.28. The van der Waals surface area contributed by atoms with Crippen LogP contribution in [0.1, 0.15) is 11.3 Å². The molecule has 110 valence electrons. The number of fused-ring (bicyclic) bond motifs is 1. The molecule has 3 aromatic rings. The molecule has 5 nitrogen and oxygen atoms in total. The Balaban J connectivity index is 1.73. The van der Waals surface area contributed by atoms with Crippen LogP contribution in [0.15, 0.2) is 36.0 Å². The molecule has 0 amide bonds. The first-order valence-corrected chi connectivity index (χ1v) is 7.53. The van der Waals surface area contributed by atoms with E-state index in [0.717, 1.165) is 34.3 Å². The molecule has 0 saturated carbocycles. The van der Waals surface area contributed by atoms with Crippen molar-refractivity contribution in [3.8, 4) is 11.5 Å². The Morgan fingerprint density at radius 2 is 2.24 bits per heavy atom. The van der Waals surface area contributed by atoms with Crippen molar-refractivity contribution in [3.63, 3.8) is 0 Å². The van der Waals surface area contributed by atoms with Gasteiger partial charge in [0, 0.05) is 24.3 Å². The minimum atomic E-state index is 0.427. The second-order valence-corrected chi connectivity index (χ2v) is 5.50. The second kappa shape index (κ2) is 6.15. The molecule has 0 fully saturated rings. The number of methoxy groups -OCH3 is 1. The van der Waals surface area contributed by atoms with Crippen LogP contribution in [0, 0.1) is 0 Å². The fourth-order valence-electron chi connectivity index (χ4n) is 2.14. The van der Waals surface area contributed by atoms with Crippen LogP contribution in [0.2, 0.25) is 0 Å². The molecule has 6 heteroatoms. The third-order valence-electron chi connectivity index (χ3n) is 3.13. The number of nitrogens with one attached hydrogen (secondary N) is 1. The summed E-state index contributed by atoms with van der Waals surface area (Å²) in [7, 11) is 3.57. The number of hydrogen-bond acceptors (Lipinski definition) is 5. The van der Waals surface area contributed by atoms with E-state index < -0.39 is 0 Å². The van der Waals surface area contributed by atoms with Crippen molar-refractivity contribution in [2.75, 3.05) is 14.2 Å². The van der Waals surface area contributed by atoms with Crippen LogP contribution in [0.25, 0.3) is 4.96 Å². The molecule has 0 radical (unpaired) electrons. The molecule has 3 rings (SSSR count). The maximum Gasteiger partial charge on any atom is 0.193 e. The third kappa shape index (κ3) is 3.01. The average molecular weight is 303 g/mol. The van der Waals surface area contributed by atoms with Gasteiger partial charge in [-0.1, -0.05) is 6.07 Å². The number of imidazole rings is 1. The number of benzene rings is 1. The Bertz CT molecular complexity index is 707. The van der Waals surface area contributed by atoms with E-state index in [4.69, 9.17) is 9.47 Å². The predicted molar refractivity (Wildman–Crippen MR) is 83.2 cm³/mol. The first kappa shape index (κ1) is 13.9. The minimum Gasteiger partial charge on any atom is -0.493 e. The largest absolute Gasteiger partial charge is 0.493 e. The Hall–Kier alpha value is -2.05. The molecule has 0 aliphatic rings. The Labute approximate surface area is 127 Å². The van der Waals surface area contributed by atoms with Crippen LogP contribution in [0.3, 0.4) is 0 Å². The standard InChI is InChI=1S/C15H17N3O2S/c1-16-8-11-3-4-13(14(7-11)19-2)20-10-12-9-18-5-6-21-15(18)17-12/h3-7,9,16H,8,10H2,1-2H3. The van der Waals surface area contributed by atoms with Gasteiger partial charge < -0.3 is 14.8 Å². The summed E-state index contributed by atoms with van der Waals surface area (Å²) in [5, 5.41) is 5.13. The van der Waals surface area contributed by atoms with Crippen LogP contribution in [0.4, 0.5) is 0 Å². The number of nitrogens with zero attached hydrogens (tertiary/aromatic N) is 2. The molecule has 2 aromatic heterocycles. The summed E-state index contributed by atoms with van der Waals surface area (Å²) in [6.45, 7) is 1.23. The zero-order valence-electron chi connectivity index (χ0n) is 12.0. The monoisotopic (exact) mass is 303 g/mol. The maximum atomic E-state index is 5.83. The van der Waals surface area contributed by atoms with E-state index in [9.17, 15) is 0 Å². The molecule has 0 aliphatic carbocycles. The van der Waals surface area contributed by atoms with Crippen molar-refractivity contribution in [3.05, 3.63) is 47.2 Å². The van der Waals surface area contributed by atoms with Gasteiger partial charge in [-0.3, -0.25) is 4.40 Å². The first-order chi connectivity index (χ1) is 10.3. The van der Waals surface area contributed by atoms with Crippen molar-refractivity contribution in [1.29, 1.82) is 0 Å². The summed E-state index contributed by atoms with van der Waals surface area (Å²) < 4.78 is 13.2. The Kier molecular flexibility index (Phi) is 4.08. The normalized spacial score (nSPS) is 11.0. The van der Waals surface area contributed by atoms with Crippen molar-refractivity contribution < 1.29 is 9.47 Å². The molecule has 0 unspecified atom stereocenters. The van der Waals surface area contributed by atoms with Gasteiger partial charge in [0.2, 0.25) is 0 Å². The van der Waals surface area contributed by atoms with E-state index in [-0.39, 0.29) is 0 Å². The van der Waals surface area contributed by atoms with Gasteiger partial charge in [0.15, 0.2) is 16.5 Å². The first-order valence-electron chi connectivity index (χ1n) is 6.65. The van der Waals surface area contributed by atoms with E-state index in [2.05, 4.69) is 10.3 Å². The smallest absolute Gasteiger partial charge is 0.193 e. The predicted octanol–water partition coefficient (Wildman–Crippen LogP) is 2.70. The molecule has 0 atom stereocenters. The lowest BCUT2D eigenvalue weighted by Gasteiger charge is -2.11. The molecule has 1 N–H and O–H groups in total. The Morgan fingerprint density at radius 3 is 3.00 bits per heavy atom. The summed E-state index contributed by atoms with van der Waals surface area (Å²) in [5.74, 6) is 1.47. The highest BCUT2D eigenvalue weighted by atomic mass is 32.1. The van der Waals surface area contributed by atoms with Gasteiger partial charge in [-0.15, -0.1) is 11.3 Å². The lowest BCUT2D eigenvalue weighted by Crippen LogP contribution is -2.05. The number of rotatable bonds is 6. The van der Waals surface area contributed by atoms with Crippen LogP contribution in [-0.2, 0) is 13.2 Å². The number of thiazole rings is 1. The van der Waals surface area contributed by atoms with Gasteiger partial charge in [0.1, 0.15) is 6.61 Å². The van der Waals surface area contributed by atoms with Crippen molar-refractivity contribution in [1.82, 2.24) is 14.7 Å². The average Bonchev–Trinajstić information content (AvgIpc) is 3.07.